The van der Waals surface area contributed by atoms with Crippen molar-refractivity contribution in [1.29, 1.82) is 0 Å². The Labute approximate surface area is 114 Å². The minimum absolute atomic E-state index is 0. The Kier molecular flexibility index (Phi) is 3.96. The van der Waals surface area contributed by atoms with Crippen LogP contribution in [0.15, 0.2) is 24.3 Å². The maximum absolute atomic E-state index is 10.9. The second-order valence-electron chi connectivity index (χ2n) is 2.08. The third kappa shape index (κ3) is 1.84. The number of hydrogen-bond acceptors (Lipinski definition) is 3. The molecule has 1 aromatic carbocycles. The second-order valence-corrected chi connectivity index (χ2v) is 4.99. The van der Waals surface area contributed by atoms with Gasteiger partial charge in [-0.2, -0.15) is 0 Å². The van der Waals surface area contributed by atoms with Gasteiger partial charge in [-0.25, -0.2) is 0 Å². The topological polar surface area (TPSA) is 46.5 Å². The van der Waals surface area contributed by atoms with Crippen LogP contribution in [-0.2, 0) is 3.07 Å². The first-order valence-corrected chi connectivity index (χ1v) is 5.92. The zero-order valence-corrected chi connectivity index (χ0v) is 12.9. The molecule has 0 saturated heterocycles. The molecule has 0 spiro atoms. The van der Waals surface area contributed by atoms with E-state index in [1.165, 1.54) is 0 Å². The summed E-state index contributed by atoms with van der Waals surface area (Å²) in [6.07, 6.45) is 0. The predicted octanol–water partition coefficient (Wildman–Crippen LogP) is 1.36. The molecule has 5 heteroatoms. The standard InChI is InChI=1S/C7H5IO3.Ac/c9-7-5-3-1-2-4-6(5)8(10)11-7;/h1-4,10H;. The first-order chi connectivity index (χ1) is 5.29. The van der Waals surface area contributed by atoms with E-state index in [0.29, 0.717) is 9.13 Å². The average molecular weight is 491 g/mol. The smallest absolute Gasteiger partial charge is 0 e. The van der Waals surface area contributed by atoms with Crippen LogP contribution in [0.3, 0.4) is 0 Å². The van der Waals surface area contributed by atoms with Gasteiger partial charge in [0.05, 0.1) is 0 Å². The van der Waals surface area contributed by atoms with E-state index in [2.05, 4.69) is 0 Å². The molecule has 1 N–H and O–H groups in total. The molecule has 3 nitrogen and oxygen atoms in total. The number of rotatable bonds is 0. The molecule has 2 rings (SSSR count). The summed E-state index contributed by atoms with van der Waals surface area (Å²) in [5, 5.41) is 0. The summed E-state index contributed by atoms with van der Waals surface area (Å²) < 4.78 is 14.7. The largest absolute Gasteiger partial charge is 0 e. The molecule has 12 heavy (non-hydrogen) atoms. The van der Waals surface area contributed by atoms with E-state index in [1.54, 1.807) is 24.3 Å². The molecule has 0 fully saturated rings. The number of benzene rings is 1. The fraction of sp³-hybridized carbons (Fsp3) is 0. The van der Waals surface area contributed by atoms with E-state index in [4.69, 9.17) is 3.07 Å². The molecule has 1 radical (unpaired) electrons. The zero-order valence-electron chi connectivity index (χ0n) is 6.03. The van der Waals surface area contributed by atoms with Gasteiger partial charge in [0, 0.05) is 44.1 Å². The Morgan fingerprint density at radius 3 is 2.67 bits per heavy atom. The van der Waals surface area contributed by atoms with Crippen LogP contribution in [0.25, 0.3) is 0 Å². The van der Waals surface area contributed by atoms with E-state index in [1.807, 2.05) is 0 Å². The van der Waals surface area contributed by atoms with Crippen molar-refractivity contribution in [3.63, 3.8) is 0 Å². The van der Waals surface area contributed by atoms with E-state index in [0.717, 1.165) is 0 Å². The fourth-order valence-electron chi connectivity index (χ4n) is 0.917. The Bertz CT molecular complexity index is 315. The van der Waals surface area contributed by atoms with Crippen LogP contribution in [0.5, 0.6) is 0 Å². The van der Waals surface area contributed by atoms with Crippen molar-refractivity contribution in [2.45, 2.75) is 0 Å². The molecule has 1 aliphatic rings. The SMILES string of the molecule is O=C1OI(O)c2ccccc21.[Ac]. The molecule has 0 bridgehead atoms. The van der Waals surface area contributed by atoms with Gasteiger partial charge in [0.25, 0.3) is 0 Å². The summed E-state index contributed by atoms with van der Waals surface area (Å²) in [7, 11) is 0. The quantitative estimate of drug-likeness (QED) is 0.559. The minimum atomic E-state index is -2.52. The van der Waals surface area contributed by atoms with Crippen LogP contribution in [0.1, 0.15) is 10.4 Å². The summed E-state index contributed by atoms with van der Waals surface area (Å²) in [5.74, 6) is -0.381. The number of carbonyl (C=O) groups excluding carboxylic acids is 1. The van der Waals surface area contributed by atoms with Crippen molar-refractivity contribution in [3.8, 4) is 0 Å². The third-order valence-corrected chi connectivity index (χ3v) is 4.16. The van der Waals surface area contributed by atoms with Crippen LogP contribution in [0.4, 0.5) is 0 Å². The van der Waals surface area contributed by atoms with Gasteiger partial charge in [-0.15, -0.1) is 0 Å². The number of fused-ring (bicyclic) bond motifs is 1. The molecule has 0 saturated carbocycles. The van der Waals surface area contributed by atoms with Crippen molar-refractivity contribution in [3.05, 3.63) is 33.4 Å². The summed E-state index contributed by atoms with van der Waals surface area (Å²) >= 11 is -2.52. The predicted molar refractivity (Wildman–Crippen MR) is 46.8 cm³/mol. The average Bonchev–Trinajstić information content (AvgIpc) is 2.30. The van der Waals surface area contributed by atoms with Crippen LogP contribution in [0, 0.1) is 47.6 Å². The van der Waals surface area contributed by atoms with Crippen molar-refractivity contribution in [2.24, 2.45) is 0 Å². The van der Waals surface area contributed by atoms with Gasteiger partial charge < -0.3 is 0 Å². The van der Waals surface area contributed by atoms with E-state index in [-0.39, 0.29) is 50.0 Å². The van der Waals surface area contributed by atoms with Gasteiger partial charge in [-0.1, -0.05) is 0 Å². The maximum Gasteiger partial charge on any atom is 0 e. The van der Waals surface area contributed by atoms with E-state index < -0.39 is 20.6 Å². The Morgan fingerprint density at radius 2 is 2.00 bits per heavy atom. The Morgan fingerprint density at radius 1 is 1.33 bits per heavy atom. The van der Waals surface area contributed by atoms with Gasteiger partial charge in [0.1, 0.15) is 0 Å². The molecule has 1 aromatic rings. The molecule has 61 valence electrons. The summed E-state index contributed by atoms with van der Waals surface area (Å²) in [5.41, 5.74) is 0.528. The maximum atomic E-state index is 10.9. The van der Waals surface area contributed by atoms with Crippen LogP contribution in [-0.4, -0.2) is 9.41 Å². The molecule has 1 heterocycles. The Hall–Kier alpha value is 0.822. The molecule has 0 aliphatic carbocycles. The molecule has 0 unspecified atom stereocenters. The van der Waals surface area contributed by atoms with Crippen molar-refractivity contribution >= 4 is 26.6 Å². The fourth-order valence-corrected chi connectivity index (χ4v) is 3.18. The number of carbonyl (C=O) groups is 1. The van der Waals surface area contributed by atoms with Crippen molar-refractivity contribution in [1.82, 2.24) is 0 Å². The summed E-state index contributed by atoms with van der Waals surface area (Å²) in [6, 6.07) is 6.97. The normalized spacial score (nSPS) is 16.4. The first-order valence-electron chi connectivity index (χ1n) is 3.00. The second kappa shape index (κ2) is 4.36. The van der Waals surface area contributed by atoms with Gasteiger partial charge in [-0.05, 0) is 0 Å². The molecular formula is C7H5AcIO3. The summed E-state index contributed by atoms with van der Waals surface area (Å²) in [4.78, 5) is 10.9. The van der Waals surface area contributed by atoms with Gasteiger partial charge in [0.15, 0.2) is 0 Å². The molecule has 0 amide bonds. The van der Waals surface area contributed by atoms with Gasteiger partial charge >= 0.3 is 71.3 Å². The first kappa shape index (κ1) is 10.9. The molecule has 0 aromatic heterocycles. The van der Waals surface area contributed by atoms with Gasteiger partial charge in [0.2, 0.25) is 0 Å². The minimum Gasteiger partial charge on any atom is 0 e. The van der Waals surface area contributed by atoms with Gasteiger partial charge in [-0.3, -0.25) is 0 Å². The van der Waals surface area contributed by atoms with E-state index >= 15 is 0 Å². The third-order valence-electron chi connectivity index (χ3n) is 1.41. The van der Waals surface area contributed by atoms with Crippen LogP contribution >= 0.6 is 20.6 Å². The number of hydrogen-bond donors (Lipinski definition) is 1. The van der Waals surface area contributed by atoms with Crippen LogP contribution in [0.2, 0.25) is 0 Å². The molecule has 0 atom stereocenters. The van der Waals surface area contributed by atoms with E-state index in [9.17, 15) is 8.23 Å². The Balaban J connectivity index is 0.000000720. The summed E-state index contributed by atoms with van der Waals surface area (Å²) in [6.45, 7) is 0. The van der Waals surface area contributed by atoms with Crippen LogP contribution < -0.4 is 0 Å². The molecular weight excluding hydrogens is 486 g/mol. The molecule has 1 aliphatic heterocycles. The monoisotopic (exact) mass is 491 g/mol. The zero-order chi connectivity index (χ0) is 7.84. The van der Waals surface area contributed by atoms with Crippen molar-refractivity contribution in [2.75, 3.05) is 0 Å². The van der Waals surface area contributed by atoms with Crippen molar-refractivity contribution < 1.29 is 55.4 Å². The number of halogens is 1.